The molecule has 7 nitrogen and oxygen atoms in total. The van der Waals surface area contributed by atoms with Gasteiger partial charge in [-0.3, -0.25) is 4.79 Å². The molecule has 4 unspecified atom stereocenters. The number of thiazole rings is 1. The summed E-state index contributed by atoms with van der Waals surface area (Å²) in [5.41, 5.74) is 8.67. The van der Waals surface area contributed by atoms with Gasteiger partial charge in [0.15, 0.2) is 0 Å². The number of amides is 1. The van der Waals surface area contributed by atoms with E-state index >= 15 is 0 Å². The minimum absolute atomic E-state index is 0.0275. The number of carbonyl (C=O) groups is 1. The Bertz CT molecular complexity index is 1210. The summed E-state index contributed by atoms with van der Waals surface area (Å²) in [6.45, 7) is 3.99. The van der Waals surface area contributed by atoms with E-state index in [1.807, 2.05) is 19.2 Å². The highest BCUT2D eigenvalue weighted by Gasteiger charge is 2.52. The van der Waals surface area contributed by atoms with Gasteiger partial charge in [-0.25, -0.2) is 15.0 Å². The van der Waals surface area contributed by atoms with E-state index in [1.165, 1.54) is 0 Å². The van der Waals surface area contributed by atoms with Crippen LogP contribution in [0.3, 0.4) is 0 Å². The third-order valence-corrected chi connectivity index (χ3v) is 8.65. The van der Waals surface area contributed by atoms with E-state index in [2.05, 4.69) is 40.4 Å². The Kier molecular flexibility index (Phi) is 6.12. The monoisotopic (exact) mass is 477 g/mol. The lowest BCUT2D eigenvalue weighted by molar-refractivity contribution is -0.141. The van der Waals surface area contributed by atoms with Gasteiger partial charge in [0.25, 0.3) is 0 Å². The lowest BCUT2D eigenvalue weighted by Gasteiger charge is -2.49. The number of aliphatic hydroxyl groups is 1. The average Bonchev–Trinajstić information content (AvgIpc) is 3.30. The lowest BCUT2D eigenvalue weighted by Crippen LogP contribution is -2.50. The summed E-state index contributed by atoms with van der Waals surface area (Å²) in [4.78, 5) is 26.5. The molecule has 8 heteroatoms. The molecule has 0 aliphatic heterocycles. The quantitative estimate of drug-likeness (QED) is 0.484. The molecule has 1 amide bonds. The van der Waals surface area contributed by atoms with Crippen LogP contribution in [0.2, 0.25) is 0 Å². The Morgan fingerprint density at radius 1 is 1.18 bits per heavy atom. The standard InChI is InChI=1S/C26H31N5O2S/c1-15-11-17(13-18(12-15)31-25-28-10-8-16(2)30-25)22-14-29-24(34-22)26(33)9-7-20(23(27)32)19-5-3-4-6-21(19)26/h8,10-14,19-21,33H,3-7,9H2,1-2H3,(H2,27,32)(H,28,30,31). The topological polar surface area (TPSA) is 114 Å². The first-order valence-electron chi connectivity index (χ1n) is 12.0. The number of rotatable bonds is 5. The number of nitrogens with zero attached hydrogens (tertiary/aromatic N) is 3. The van der Waals surface area contributed by atoms with Gasteiger partial charge >= 0.3 is 0 Å². The molecular weight excluding hydrogens is 446 g/mol. The Morgan fingerprint density at radius 3 is 2.79 bits per heavy atom. The van der Waals surface area contributed by atoms with Crippen LogP contribution in [0.25, 0.3) is 10.4 Å². The number of benzene rings is 1. The van der Waals surface area contributed by atoms with E-state index in [9.17, 15) is 9.90 Å². The molecule has 0 radical (unpaired) electrons. The summed E-state index contributed by atoms with van der Waals surface area (Å²) >= 11 is 1.55. The van der Waals surface area contributed by atoms with Crippen molar-refractivity contribution in [1.82, 2.24) is 15.0 Å². The molecule has 1 aromatic carbocycles. The number of aryl methyl sites for hydroxylation is 2. The third-order valence-electron chi connectivity index (χ3n) is 7.44. The van der Waals surface area contributed by atoms with Crippen molar-refractivity contribution in [2.75, 3.05) is 5.32 Å². The molecule has 2 aliphatic rings. The number of hydrogen-bond acceptors (Lipinski definition) is 7. The molecule has 0 bridgehead atoms. The van der Waals surface area contributed by atoms with E-state index in [0.717, 1.165) is 58.1 Å². The number of nitrogens with two attached hydrogens (primary N) is 1. The van der Waals surface area contributed by atoms with Gasteiger partial charge in [0.1, 0.15) is 10.6 Å². The third kappa shape index (κ3) is 4.32. The first-order valence-corrected chi connectivity index (χ1v) is 12.8. The number of hydrogen-bond donors (Lipinski definition) is 3. The molecular formula is C26H31N5O2S. The predicted octanol–water partition coefficient (Wildman–Crippen LogP) is 4.85. The van der Waals surface area contributed by atoms with Gasteiger partial charge in [0.2, 0.25) is 11.9 Å². The van der Waals surface area contributed by atoms with Crippen LogP contribution in [-0.2, 0) is 10.4 Å². The van der Waals surface area contributed by atoms with Gasteiger partial charge in [-0.05, 0) is 80.7 Å². The van der Waals surface area contributed by atoms with Crippen LogP contribution < -0.4 is 11.1 Å². The maximum absolute atomic E-state index is 12.1. The Morgan fingerprint density at radius 2 is 2.00 bits per heavy atom. The highest BCUT2D eigenvalue weighted by atomic mass is 32.1. The van der Waals surface area contributed by atoms with Crippen molar-refractivity contribution in [2.45, 2.75) is 58.0 Å². The Balaban J connectivity index is 1.43. The molecule has 4 atom stereocenters. The SMILES string of the molecule is Cc1cc(Nc2nccc(C)n2)cc(-c2cnc(C3(O)CCC(C(N)=O)C4CCCCC43)s2)c1. The van der Waals surface area contributed by atoms with Gasteiger partial charge < -0.3 is 16.2 Å². The molecule has 5 rings (SSSR count). The molecule has 3 aromatic rings. The second-order valence-electron chi connectivity index (χ2n) is 9.79. The maximum Gasteiger partial charge on any atom is 0.227 e. The lowest BCUT2D eigenvalue weighted by atomic mass is 9.59. The van der Waals surface area contributed by atoms with Crippen LogP contribution in [0, 0.1) is 31.6 Å². The van der Waals surface area contributed by atoms with Crippen molar-refractivity contribution in [1.29, 1.82) is 0 Å². The molecule has 34 heavy (non-hydrogen) atoms. The van der Waals surface area contributed by atoms with Gasteiger partial charge in [-0.1, -0.05) is 18.9 Å². The zero-order chi connectivity index (χ0) is 23.9. The summed E-state index contributed by atoms with van der Waals surface area (Å²) < 4.78 is 0. The second-order valence-corrected chi connectivity index (χ2v) is 10.8. The number of nitrogens with one attached hydrogen (secondary N) is 1. The van der Waals surface area contributed by atoms with E-state index < -0.39 is 5.60 Å². The predicted molar refractivity (Wildman–Crippen MR) is 134 cm³/mol. The zero-order valence-electron chi connectivity index (χ0n) is 19.6. The summed E-state index contributed by atoms with van der Waals surface area (Å²) in [5.74, 6) is 0.363. The van der Waals surface area contributed by atoms with E-state index in [1.54, 1.807) is 17.5 Å². The fraction of sp³-hybridized carbons (Fsp3) is 0.462. The maximum atomic E-state index is 12.1. The number of aromatic nitrogens is 3. The fourth-order valence-electron chi connectivity index (χ4n) is 5.87. The van der Waals surface area contributed by atoms with Crippen molar-refractivity contribution >= 4 is 28.9 Å². The van der Waals surface area contributed by atoms with Crippen molar-refractivity contribution in [3.05, 3.63) is 52.9 Å². The average molecular weight is 478 g/mol. The van der Waals surface area contributed by atoms with Crippen LogP contribution in [0.4, 0.5) is 11.6 Å². The van der Waals surface area contributed by atoms with Crippen LogP contribution in [0.5, 0.6) is 0 Å². The number of anilines is 2. The molecule has 0 saturated heterocycles. The first-order chi connectivity index (χ1) is 16.3. The second kappa shape index (κ2) is 9.07. The molecule has 0 spiro atoms. The molecule has 2 aliphatic carbocycles. The zero-order valence-corrected chi connectivity index (χ0v) is 20.4. The minimum Gasteiger partial charge on any atom is -0.382 e. The molecule has 2 aromatic heterocycles. The summed E-state index contributed by atoms with van der Waals surface area (Å²) in [5, 5.41) is 15.9. The van der Waals surface area contributed by atoms with Crippen LogP contribution in [-0.4, -0.2) is 26.0 Å². The normalized spacial score (nSPS) is 26.6. The van der Waals surface area contributed by atoms with Crippen molar-refractivity contribution in [3.63, 3.8) is 0 Å². The van der Waals surface area contributed by atoms with Gasteiger partial charge in [-0.2, -0.15) is 0 Å². The number of primary amides is 1. The summed E-state index contributed by atoms with van der Waals surface area (Å²) in [6.07, 6.45) is 8.77. The summed E-state index contributed by atoms with van der Waals surface area (Å²) in [7, 11) is 0. The van der Waals surface area contributed by atoms with Crippen LogP contribution in [0.1, 0.15) is 54.8 Å². The van der Waals surface area contributed by atoms with Crippen molar-refractivity contribution in [2.24, 2.45) is 23.5 Å². The molecule has 2 heterocycles. The largest absolute Gasteiger partial charge is 0.382 e. The summed E-state index contributed by atoms with van der Waals surface area (Å²) in [6, 6.07) is 8.11. The van der Waals surface area contributed by atoms with Crippen molar-refractivity contribution in [3.8, 4) is 10.4 Å². The Labute approximate surface area is 203 Å². The van der Waals surface area contributed by atoms with E-state index in [4.69, 9.17) is 10.7 Å². The molecule has 4 N–H and O–H groups in total. The van der Waals surface area contributed by atoms with Gasteiger partial charge in [0, 0.05) is 29.7 Å². The number of fused-ring (bicyclic) bond motifs is 1. The number of carbonyl (C=O) groups excluding carboxylic acids is 1. The highest BCUT2D eigenvalue weighted by Crippen LogP contribution is 2.54. The van der Waals surface area contributed by atoms with E-state index in [0.29, 0.717) is 18.8 Å². The molecule has 178 valence electrons. The van der Waals surface area contributed by atoms with Crippen LogP contribution >= 0.6 is 11.3 Å². The van der Waals surface area contributed by atoms with Crippen LogP contribution in [0.15, 0.2) is 36.7 Å². The first kappa shape index (κ1) is 22.9. The van der Waals surface area contributed by atoms with Crippen molar-refractivity contribution < 1.29 is 9.90 Å². The Hall–Kier alpha value is -2.84. The minimum atomic E-state index is -1.000. The molecule has 2 saturated carbocycles. The molecule has 2 fully saturated rings. The van der Waals surface area contributed by atoms with E-state index in [-0.39, 0.29) is 23.7 Å². The smallest absolute Gasteiger partial charge is 0.227 e. The highest BCUT2D eigenvalue weighted by molar-refractivity contribution is 7.15. The van der Waals surface area contributed by atoms with Gasteiger partial charge in [0.05, 0.1) is 4.88 Å². The van der Waals surface area contributed by atoms with Gasteiger partial charge in [-0.15, -0.1) is 11.3 Å². The fourth-order valence-corrected chi connectivity index (χ4v) is 6.96.